The van der Waals surface area contributed by atoms with Crippen LogP contribution in [0.3, 0.4) is 0 Å². The van der Waals surface area contributed by atoms with Gasteiger partial charge in [0.15, 0.2) is 0 Å². The standard InChI is InChI=1S/C26H25N3O2/c1-17-6-2-3-10-22(17)27-28-25(30)20-14-12-18(13-15-20)16-29-23-11-5-8-19-7-4-9-21(24(19)23)26(29)31/h4-5,7-9,11-15,17H,2-3,6,10,16H2,1H3,(H,28,30)/t17-/m1/s1. The van der Waals surface area contributed by atoms with Crippen LogP contribution in [0.15, 0.2) is 65.8 Å². The molecule has 5 rings (SSSR count). The number of anilines is 1. The lowest BCUT2D eigenvalue weighted by Gasteiger charge is -2.19. The Morgan fingerprint density at radius 2 is 1.84 bits per heavy atom. The number of amides is 2. The molecular formula is C26H25N3O2. The van der Waals surface area contributed by atoms with Crippen molar-refractivity contribution in [2.75, 3.05) is 4.90 Å². The predicted molar refractivity (Wildman–Crippen MR) is 123 cm³/mol. The Kier molecular flexibility index (Phi) is 5.02. The van der Waals surface area contributed by atoms with Crippen molar-refractivity contribution < 1.29 is 9.59 Å². The Bertz CT molecular complexity index is 1190. The molecule has 3 aromatic rings. The highest BCUT2D eigenvalue weighted by atomic mass is 16.2. The van der Waals surface area contributed by atoms with Crippen molar-refractivity contribution in [3.05, 3.63) is 77.4 Å². The molecular weight excluding hydrogens is 386 g/mol. The molecule has 1 heterocycles. The summed E-state index contributed by atoms with van der Waals surface area (Å²) in [5.74, 6) is 0.250. The van der Waals surface area contributed by atoms with Gasteiger partial charge in [0, 0.05) is 22.2 Å². The van der Waals surface area contributed by atoms with Crippen LogP contribution in [0.5, 0.6) is 0 Å². The SMILES string of the molecule is C[C@@H]1CCCCC1=NNC(=O)c1ccc(CN2C(=O)c3cccc4cccc2c34)cc1. The van der Waals surface area contributed by atoms with E-state index in [0.29, 0.717) is 18.0 Å². The minimum absolute atomic E-state index is 0.0195. The van der Waals surface area contributed by atoms with Crippen LogP contribution in [0, 0.1) is 5.92 Å². The highest BCUT2D eigenvalue weighted by Crippen LogP contribution is 2.37. The molecule has 0 radical (unpaired) electrons. The molecule has 5 heteroatoms. The summed E-state index contributed by atoms with van der Waals surface area (Å²) < 4.78 is 0. The molecule has 5 nitrogen and oxygen atoms in total. The van der Waals surface area contributed by atoms with Gasteiger partial charge in [0.25, 0.3) is 11.8 Å². The predicted octanol–water partition coefficient (Wildman–Crippen LogP) is 5.30. The van der Waals surface area contributed by atoms with Crippen LogP contribution in [-0.4, -0.2) is 17.5 Å². The molecule has 1 aliphatic heterocycles. The van der Waals surface area contributed by atoms with Crippen molar-refractivity contribution in [3.63, 3.8) is 0 Å². The molecule has 2 aliphatic rings. The first-order valence-corrected chi connectivity index (χ1v) is 10.9. The van der Waals surface area contributed by atoms with Gasteiger partial charge in [0.1, 0.15) is 0 Å². The number of benzene rings is 3. The largest absolute Gasteiger partial charge is 0.303 e. The fourth-order valence-corrected chi connectivity index (χ4v) is 4.60. The highest BCUT2D eigenvalue weighted by molar-refractivity contribution is 6.24. The summed E-state index contributed by atoms with van der Waals surface area (Å²) in [4.78, 5) is 27.3. The number of nitrogens with one attached hydrogen (secondary N) is 1. The van der Waals surface area contributed by atoms with E-state index in [1.54, 1.807) is 12.1 Å². The average Bonchev–Trinajstić information content (AvgIpc) is 3.07. The molecule has 1 aliphatic carbocycles. The normalized spacial score (nSPS) is 19.3. The van der Waals surface area contributed by atoms with Gasteiger partial charge in [-0.05, 0) is 60.4 Å². The molecule has 31 heavy (non-hydrogen) atoms. The van der Waals surface area contributed by atoms with Crippen LogP contribution in [0.2, 0.25) is 0 Å². The van der Waals surface area contributed by atoms with E-state index in [4.69, 9.17) is 0 Å². The Labute approximate surface area is 181 Å². The van der Waals surface area contributed by atoms with Crippen LogP contribution in [0.25, 0.3) is 10.8 Å². The maximum atomic E-state index is 13.0. The molecule has 0 unspecified atom stereocenters. The lowest BCUT2D eigenvalue weighted by Crippen LogP contribution is -2.26. The fraction of sp³-hybridized carbons (Fsp3) is 0.269. The maximum Gasteiger partial charge on any atom is 0.271 e. The monoisotopic (exact) mass is 411 g/mol. The number of hydrogen-bond donors (Lipinski definition) is 1. The number of carbonyl (C=O) groups is 2. The number of hydrazone groups is 1. The van der Waals surface area contributed by atoms with E-state index in [9.17, 15) is 9.59 Å². The van der Waals surface area contributed by atoms with Crippen molar-refractivity contribution in [3.8, 4) is 0 Å². The molecule has 0 aromatic heterocycles. The third-order valence-electron chi connectivity index (χ3n) is 6.40. The van der Waals surface area contributed by atoms with Crippen molar-refractivity contribution in [1.82, 2.24) is 5.43 Å². The lowest BCUT2D eigenvalue weighted by atomic mass is 9.89. The van der Waals surface area contributed by atoms with Crippen LogP contribution in [-0.2, 0) is 6.54 Å². The molecule has 156 valence electrons. The first-order chi connectivity index (χ1) is 15.1. The van der Waals surface area contributed by atoms with E-state index in [-0.39, 0.29) is 11.8 Å². The second kappa shape index (κ2) is 7.99. The third-order valence-corrected chi connectivity index (χ3v) is 6.40. The van der Waals surface area contributed by atoms with Crippen molar-refractivity contribution in [1.29, 1.82) is 0 Å². The second-order valence-electron chi connectivity index (χ2n) is 8.46. The van der Waals surface area contributed by atoms with Gasteiger partial charge in [-0.1, -0.05) is 49.7 Å². The molecule has 1 atom stereocenters. The quantitative estimate of drug-likeness (QED) is 0.593. The average molecular weight is 412 g/mol. The number of nitrogens with zero attached hydrogens (tertiary/aromatic N) is 2. The summed E-state index contributed by atoms with van der Waals surface area (Å²) in [5, 5.41) is 6.46. The molecule has 1 N–H and O–H groups in total. The summed E-state index contributed by atoms with van der Waals surface area (Å²) in [7, 11) is 0. The van der Waals surface area contributed by atoms with E-state index in [1.807, 2.05) is 53.4 Å². The Morgan fingerprint density at radius 3 is 2.61 bits per heavy atom. The molecule has 0 saturated heterocycles. The molecule has 0 spiro atoms. The minimum Gasteiger partial charge on any atom is -0.303 e. The summed E-state index contributed by atoms with van der Waals surface area (Å²) in [5.41, 5.74) is 7.02. The molecule has 1 fully saturated rings. The van der Waals surface area contributed by atoms with Gasteiger partial charge in [-0.25, -0.2) is 5.43 Å². The Hall–Kier alpha value is -3.47. The smallest absolute Gasteiger partial charge is 0.271 e. The van der Waals surface area contributed by atoms with E-state index in [1.165, 1.54) is 6.42 Å². The number of carbonyl (C=O) groups excluding carboxylic acids is 2. The van der Waals surface area contributed by atoms with Crippen molar-refractivity contribution >= 4 is 34.0 Å². The maximum absolute atomic E-state index is 13.0. The zero-order valence-corrected chi connectivity index (χ0v) is 17.6. The topological polar surface area (TPSA) is 61.8 Å². The minimum atomic E-state index is -0.203. The van der Waals surface area contributed by atoms with E-state index < -0.39 is 0 Å². The summed E-state index contributed by atoms with van der Waals surface area (Å²) in [6, 6.07) is 19.2. The first-order valence-electron chi connectivity index (χ1n) is 10.9. The van der Waals surface area contributed by atoms with Gasteiger partial charge in [-0.3, -0.25) is 9.59 Å². The summed E-state index contributed by atoms with van der Waals surface area (Å²) in [6.45, 7) is 2.63. The van der Waals surface area contributed by atoms with Crippen LogP contribution >= 0.6 is 0 Å². The van der Waals surface area contributed by atoms with Crippen LogP contribution in [0.1, 0.15) is 58.9 Å². The van der Waals surface area contributed by atoms with Crippen LogP contribution in [0.4, 0.5) is 5.69 Å². The Morgan fingerprint density at radius 1 is 1.06 bits per heavy atom. The molecule has 0 bridgehead atoms. The number of hydrogen-bond acceptors (Lipinski definition) is 3. The van der Waals surface area contributed by atoms with Gasteiger partial charge in [0.05, 0.1) is 12.2 Å². The zero-order chi connectivity index (χ0) is 21.4. The fourth-order valence-electron chi connectivity index (χ4n) is 4.60. The number of rotatable bonds is 4. The van der Waals surface area contributed by atoms with E-state index in [2.05, 4.69) is 17.5 Å². The van der Waals surface area contributed by atoms with Gasteiger partial charge < -0.3 is 4.90 Å². The van der Waals surface area contributed by atoms with Crippen LogP contribution < -0.4 is 10.3 Å². The first kappa shape index (κ1) is 19.5. The zero-order valence-electron chi connectivity index (χ0n) is 17.6. The third kappa shape index (κ3) is 3.61. The van der Waals surface area contributed by atoms with Gasteiger partial charge >= 0.3 is 0 Å². The van der Waals surface area contributed by atoms with Crippen molar-refractivity contribution in [2.45, 2.75) is 39.2 Å². The van der Waals surface area contributed by atoms with Gasteiger partial charge in [-0.15, -0.1) is 0 Å². The van der Waals surface area contributed by atoms with E-state index >= 15 is 0 Å². The summed E-state index contributed by atoms with van der Waals surface area (Å²) >= 11 is 0. The lowest BCUT2D eigenvalue weighted by molar-refractivity contribution is 0.0952. The second-order valence-corrected chi connectivity index (χ2v) is 8.46. The Balaban J connectivity index is 1.30. The van der Waals surface area contributed by atoms with Gasteiger partial charge in [-0.2, -0.15) is 5.10 Å². The molecule has 1 saturated carbocycles. The van der Waals surface area contributed by atoms with Gasteiger partial charge in [0.2, 0.25) is 0 Å². The molecule has 3 aromatic carbocycles. The molecule has 2 amide bonds. The van der Waals surface area contributed by atoms with E-state index in [0.717, 1.165) is 52.6 Å². The van der Waals surface area contributed by atoms with Crippen molar-refractivity contribution in [2.24, 2.45) is 11.0 Å². The summed E-state index contributed by atoms with van der Waals surface area (Å²) in [6.07, 6.45) is 4.46. The highest BCUT2D eigenvalue weighted by Gasteiger charge is 2.29.